The summed E-state index contributed by atoms with van der Waals surface area (Å²) in [6.07, 6.45) is 8.65. The smallest absolute Gasteiger partial charge is 0.105 e. The second-order valence-electron chi connectivity index (χ2n) is 14.2. The molecule has 0 amide bonds. The van der Waals surface area contributed by atoms with Crippen molar-refractivity contribution < 1.29 is 0 Å². The SMILES string of the molecule is C1=CC2=C(c3ccccc3)NC(c3ccc(N4c5ccccc5-c5c(n(-c6ccccc6)c6ccccc56)-c5ccccc54)c4ccccc34)NC2C=C1. The van der Waals surface area contributed by atoms with E-state index < -0.39 is 0 Å². The van der Waals surface area contributed by atoms with Gasteiger partial charge in [-0.1, -0.05) is 158 Å². The molecule has 11 rings (SSSR count). The number of aromatic nitrogens is 1. The fourth-order valence-corrected chi connectivity index (χ4v) is 8.90. The van der Waals surface area contributed by atoms with Gasteiger partial charge in [0.15, 0.2) is 0 Å². The fourth-order valence-electron chi connectivity index (χ4n) is 8.90. The van der Waals surface area contributed by atoms with Crippen LogP contribution in [0, 0.1) is 0 Å². The number of anilines is 3. The Morgan fingerprint density at radius 1 is 0.500 bits per heavy atom. The summed E-state index contributed by atoms with van der Waals surface area (Å²) in [6.45, 7) is 0. The number of rotatable bonds is 4. The van der Waals surface area contributed by atoms with E-state index in [9.17, 15) is 0 Å². The third-order valence-corrected chi connectivity index (χ3v) is 11.2. The summed E-state index contributed by atoms with van der Waals surface area (Å²) >= 11 is 0. The normalized spacial score (nSPS) is 17.1. The number of hydrogen-bond acceptors (Lipinski definition) is 3. The summed E-state index contributed by atoms with van der Waals surface area (Å²) in [5.41, 5.74) is 15.5. The van der Waals surface area contributed by atoms with Crippen LogP contribution in [0.1, 0.15) is 17.3 Å². The molecule has 4 nitrogen and oxygen atoms in total. The Hall–Kier alpha value is -6.88. The summed E-state index contributed by atoms with van der Waals surface area (Å²) in [5, 5.41) is 11.5. The molecular weight excluding hydrogens is 657 g/mol. The first-order valence-electron chi connectivity index (χ1n) is 18.7. The van der Waals surface area contributed by atoms with Crippen molar-refractivity contribution in [2.75, 3.05) is 4.90 Å². The molecule has 0 fully saturated rings. The number of nitrogens with one attached hydrogen (secondary N) is 2. The summed E-state index contributed by atoms with van der Waals surface area (Å²) in [4.78, 5) is 2.49. The topological polar surface area (TPSA) is 32.2 Å². The average Bonchev–Trinajstić information content (AvgIpc) is 3.53. The van der Waals surface area contributed by atoms with Crippen LogP contribution in [-0.2, 0) is 0 Å². The molecule has 0 radical (unpaired) electrons. The molecule has 3 heterocycles. The van der Waals surface area contributed by atoms with Crippen LogP contribution in [-0.4, -0.2) is 10.6 Å². The zero-order valence-corrected chi connectivity index (χ0v) is 29.5. The first-order valence-corrected chi connectivity index (χ1v) is 18.7. The molecule has 3 aliphatic rings. The van der Waals surface area contributed by atoms with E-state index >= 15 is 0 Å². The van der Waals surface area contributed by atoms with E-state index in [0.29, 0.717) is 0 Å². The zero-order valence-electron chi connectivity index (χ0n) is 29.5. The van der Waals surface area contributed by atoms with Crippen molar-refractivity contribution in [3.63, 3.8) is 0 Å². The van der Waals surface area contributed by atoms with Gasteiger partial charge in [-0.2, -0.15) is 0 Å². The van der Waals surface area contributed by atoms with Gasteiger partial charge >= 0.3 is 0 Å². The van der Waals surface area contributed by atoms with E-state index in [1.54, 1.807) is 0 Å². The van der Waals surface area contributed by atoms with Gasteiger partial charge in [0.05, 0.1) is 34.3 Å². The molecule has 7 aromatic carbocycles. The van der Waals surface area contributed by atoms with E-state index in [-0.39, 0.29) is 12.2 Å². The molecule has 256 valence electrons. The first kappa shape index (κ1) is 30.7. The zero-order chi connectivity index (χ0) is 35.6. The second-order valence-corrected chi connectivity index (χ2v) is 14.2. The molecule has 54 heavy (non-hydrogen) atoms. The van der Waals surface area contributed by atoms with Crippen molar-refractivity contribution >= 4 is 44.4 Å². The Morgan fingerprint density at radius 3 is 1.96 bits per heavy atom. The third kappa shape index (κ3) is 4.67. The van der Waals surface area contributed by atoms with Crippen LogP contribution in [0.4, 0.5) is 17.1 Å². The summed E-state index contributed by atoms with van der Waals surface area (Å²) in [7, 11) is 0. The van der Waals surface area contributed by atoms with Gasteiger partial charge in [-0.25, -0.2) is 0 Å². The lowest BCUT2D eigenvalue weighted by atomic mass is 9.91. The molecule has 4 heteroatoms. The number of nitrogens with zero attached hydrogens (tertiary/aromatic N) is 2. The van der Waals surface area contributed by atoms with Gasteiger partial charge in [0.1, 0.15) is 6.17 Å². The van der Waals surface area contributed by atoms with Crippen LogP contribution in [0.15, 0.2) is 200 Å². The monoisotopic (exact) mass is 692 g/mol. The molecule has 0 saturated heterocycles. The van der Waals surface area contributed by atoms with Crippen molar-refractivity contribution in [3.8, 4) is 28.1 Å². The quantitative estimate of drug-likeness (QED) is 0.193. The first-order chi connectivity index (χ1) is 26.8. The van der Waals surface area contributed by atoms with Crippen LogP contribution >= 0.6 is 0 Å². The number of fused-ring (bicyclic) bond motifs is 9. The van der Waals surface area contributed by atoms with Gasteiger partial charge in [-0.15, -0.1) is 0 Å². The van der Waals surface area contributed by atoms with Gasteiger partial charge in [0, 0.05) is 38.8 Å². The highest BCUT2D eigenvalue weighted by Gasteiger charge is 2.33. The van der Waals surface area contributed by atoms with Crippen LogP contribution < -0.4 is 15.5 Å². The van der Waals surface area contributed by atoms with Crippen LogP contribution in [0.25, 0.3) is 55.4 Å². The number of benzene rings is 7. The van der Waals surface area contributed by atoms with Gasteiger partial charge in [-0.05, 0) is 58.5 Å². The van der Waals surface area contributed by atoms with Gasteiger partial charge < -0.3 is 14.8 Å². The van der Waals surface area contributed by atoms with E-state index in [0.717, 1.165) is 28.4 Å². The predicted molar refractivity (Wildman–Crippen MR) is 224 cm³/mol. The highest BCUT2D eigenvalue weighted by Crippen LogP contribution is 2.55. The molecule has 0 bridgehead atoms. The fraction of sp³-hybridized carbons (Fsp3) is 0.0400. The molecule has 0 spiro atoms. The van der Waals surface area contributed by atoms with E-state index in [1.165, 1.54) is 60.8 Å². The number of hydrogen-bond donors (Lipinski definition) is 2. The number of para-hydroxylation sites is 4. The van der Waals surface area contributed by atoms with Crippen LogP contribution in [0.2, 0.25) is 0 Å². The molecule has 1 aliphatic carbocycles. The molecule has 2 aliphatic heterocycles. The van der Waals surface area contributed by atoms with Gasteiger partial charge in [-0.3, -0.25) is 5.32 Å². The Labute approximate surface area is 314 Å². The molecular formula is C50H36N4. The highest BCUT2D eigenvalue weighted by molar-refractivity contribution is 6.14. The van der Waals surface area contributed by atoms with E-state index in [2.05, 4.69) is 214 Å². The molecule has 2 N–H and O–H groups in total. The third-order valence-electron chi connectivity index (χ3n) is 11.2. The summed E-state index contributed by atoms with van der Waals surface area (Å²) in [6, 6.07) is 61.8. The molecule has 2 atom stereocenters. The Morgan fingerprint density at radius 2 is 1.15 bits per heavy atom. The maximum atomic E-state index is 3.93. The van der Waals surface area contributed by atoms with E-state index in [1.807, 2.05) is 0 Å². The molecule has 0 saturated carbocycles. The Bertz CT molecular complexity index is 2840. The lowest BCUT2D eigenvalue weighted by Gasteiger charge is -2.37. The van der Waals surface area contributed by atoms with Crippen molar-refractivity contribution in [1.29, 1.82) is 0 Å². The van der Waals surface area contributed by atoms with Crippen LogP contribution in [0.5, 0.6) is 0 Å². The lowest BCUT2D eigenvalue weighted by Crippen LogP contribution is -2.45. The summed E-state index contributed by atoms with van der Waals surface area (Å²) in [5.74, 6) is 0. The van der Waals surface area contributed by atoms with Crippen molar-refractivity contribution in [2.45, 2.75) is 12.2 Å². The minimum Gasteiger partial charge on any atom is -0.365 e. The van der Waals surface area contributed by atoms with Crippen molar-refractivity contribution in [1.82, 2.24) is 15.2 Å². The van der Waals surface area contributed by atoms with Crippen LogP contribution in [0.3, 0.4) is 0 Å². The Kier molecular flexibility index (Phi) is 7.04. The number of allylic oxidation sites excluding steroid dienone is 2. The molecule has 2 unspecified atom stereocenters. The maximum Gasteiger partial charge on any atom is 0.105 e. The summed E-state index contributed by atoms with van der Waals surface area (Å²) < 4.78 is 2.45. The largest absolute Gasteiger partial charge is 0.365 e. The predicted octanol–water partition coefficient (Wildman–Crippen LogP) is 12.0. The standard InChI is InChI=1S/C50H36N4/c1-3-17-33(18-4-1)48-38-23-9-13-27-42(38)51-50(52-48)37-31-32-46(36-22-8-7-21-35(36)37)54-44-29-15-11-25-40(44)47-39-24-10-14-28-43(39)53(34-19-5-2-6-20-34)49(47)41-26-12-16-30-45(41)54/h1-32,42,50-52H. The average molecular weight is 693 g/mol. The van der Waals surface area contributed by atoms with Gasteiger partial charge in [0.25, 0.3) is 0 Å². The second kappa shape index (κ2) is 12.4. The highest BCUT2D eigenvalue weighted by atomic mass is 15.2. The lowest BCUT2D eigenvalue weighted by molar-refractivity contribution is 0.462. The molecule has 1 aromatic heterocycles. The Balaban J connectivity index is 1.13. The minimum atomic E-state index is -0.103. The van der Waals surface area contributed by atoms with Crippen molar-refractivity contribution in [3.05, 3.63) is 211 Å². The molecule has 8 aromatic rings. The van der Waals surface area contributed by atoms with Gasteiger partial charge in [0.2, 0.25) is 0 Å². The van der Waals surface area contributed by atoms with E-state index in [4.69, 9.17) is 0 Å². The maximum absolute atomic E-state index is 3.93. The van der Waals surface area contributed by atoms with Crippen molar-refractivity contribution in [2.24, 2.45) is 0 Å². The minimum absolute atomic E-state index is 0.100.